The topological polar surface area (TPSA) is 83.0 Å². The summed E-state index contributed by atoms with van der Waals surface area (Å²) in [6, 6.07) is 6.27. The average molecular weight is 403 g/mol. The van der Waals surface area contributed by atoms with Crippen LogP contribution in [0.1, 0.15) is 27.2 Å². The zero-order chi connectivity index (χ0) is 20.3. The lowest BCUT2D eigenvalue weighted by atomic mass is 10.3. The first kappa shape index (κ1) is 23.2. The molecule has 0 spiro atoms. The number of hydrogen-bond donors (Lipinski definition) is 2. The Hall–Kier alpha value is -1.87. The Morgan fingerprint density at radius 1 is 1.30 bits per heavy atom. The Labute approximate surface area is 162 Å². The van der Waals surface area contributed by atoms with Gasteiger partial charge in [0.1, 0.15) is 6.10 Å². The minimum atomic E-state index is -3.15. The first-order valence-electron chi connectivity index (χ1n) is 9.17. The Bertz CT molecular complexity index is 698. The smallest absolute Gasteiger partial charge is 0.213 e. The van der Waals surface area contributed by atoms with Crippen molar-refractivity contribution in [3.63, 3.8) is 0 Å². The van der Waals surface area contributed by atoms with Crippen LogP contribution in [0.2, 0.25) is 0 Å². The average Bonchev–Trinajstić information content (AvgIpc) is 2.64. The fourth-order valence-electron chi connectivity index (χ4n) is 2.22. The van der Waals surface area contributed by atoms with Gasteiger partial charge in [0.25, 0.3) is 0 Å². The van der Waals surface area contributed by atoms with Crippen LogP contribution in [-0.4, -0.2) is 63.8 Å². The van der Waals surface area contributed by atoms with Crippen LogP contribution >= 0.6 is 0 Å². The van der Waals surface area contributed by atoms with Gasteiger partial charge in [-0.3, -0.25) is 0 Å². The van der Waals surface area contributed by atoms with Crippen LogP contribution in [0.3, 0.4) is 0 Å². The van der Waals surface area contributed by atoms with E-state index in [-0.39, 0.29) is 17.6 Å². The lowest BCUT2D eigenvalue weighted by Crippen LogP contribution is -2.39. The zero-order valence-corrected chi connectivity index (χ0v) is 17.4. The fraction of sp³-hybridized carbons (Fsp3) is 0.611. The van der Waals surface area contributed by atoms with Crippen LogP contribution in [0.25, 0.3) is 0 Å². The summed E-state index contributed by atoms with van der Waals surface area (Å²) in [7, 11) is -1.57. The Balaban J connectivity index is 2.46. The normalized spacial score (nSPS) is 13.5. The maximum absolute atomic E-state index is 13.6. The van der Waals surface area contributed by atoms with Gasteiger partial charge in [-0.05, 0) is 39.3 Å². The molecule has 1 rings (SSSR count). The van der Waals surface area contributed by atoms with Crippen molar-refractivity contribution in [3.8, 4) is 5.75 Å². The molecule has 9 heteroatoms. The van der Waals surface area contributed by atoms with Crippen LogP contribution in [-0.2, 0) is 10.0 Å². The molecular formula is C18H31FN4O3S. The number of para-hydroxylation sites is 1. The lowest BCUT2D eigenvalue weighted by Gasteiger charge is -2.17. The highest BCUT2D eigenvalue weighted by atomic mass is 32.2. The second-order valence-electron chi connectivity index (χ2n) is 6.08. The molecular weight excluding hydrogens is 371 g/mol. The number of guanidine groups is 1. The number of nitrogens with one attached hydrogen (secondary N) is 2. The first-order valence-corrected chi connectivity index (χ1v) is 10.8. The van der Waals surface area contributed by atoms with Gasteiger partial charge in [-0.15, -0.1) is 0 Å². The summed E-state index contributed by atoms with van der Waals surface area (Å²) in [6.45, 7) is 7.48. The second kappa shape index (κ2) is 11.8. The number of halogens is 1. The van der Waals surface area contributed by atoms with E-state index in [0.29, 0.717) is 38.6 Å². The molecule has 0 radical (unpaired) electrons. The summed E-state index contributed by atoms with van der Waals surface area (Å²) in [5.74, 6) is 0.520. The number of ether oxygens (including phenoxy) is 1. The molecule has 7 nitrogen and oxygen atoms in total. The number of nitrogens with zero attached hydrogens (tertiary/aromatic N) is 2. The van der Waals surface area contributed by atoms with E-state index < -0.39 is 15.8 Å². The van der Waals surface area contributed by atoms with Crippen molar-refractivity contribution in [3.05, 3.63) is 30.1 Å². The van der Waals surface area contributed by atoms with Crippen LogP contribution in [0.15, 0.2) is 29.3 Å². The molecule has 1 aromatic rings. The molecule has 1 unspecified atom stereocenters. The molecule has 1 atom stereocenters. The third-order valence-corrected chi connectivity index (χ3v) is 5.66. The highest BCUT2D eigenvalue weighted by molar-refractivity contribution is 7.89. The van der Waals surface area contributed by atoms with Crippen molar-refractivity contribution in [2.75, 3.05) is 39.0 Å². The van der Waals surface area contributed by atoms with E-state index in [9.17, 15) is 12.8 Å². The summed E-state index contributed by atoms with van der Waals surface area (Å²) in [6.07, 6.45) is 0.361. The quantitative estimate of drug-likeness (QED) is 0.335. The summed E-state index contributed by atoms with van der Waals surface area (Å²) in [5, 5.41) is 6.28. The van der Waals surface area contributed by atoms with E-state index in [1.54, 1.807) is 32.2 Å². The Morgan fingerprint density at radius 2 is 2.00 bits per heavy atom. The van der Waals surface area contributed by atoms with Crippen molar-refractivity contribution in [2.45, 2.75) is 33.3 Å². The van der Waals surface area contributed by atoms with Crippen LogP contribution in [0.5, 0.6) is 5.75 Å². The number of benzene rings is 1. The largest absolute Gasteiger partial charge is 0.486 e. The predicted molar refractivity (Wildman–Crippen MR) is 107 cm³/mol. The van der Waals surface area contributed by atoms with Crippen molar-refractivity contribution >= 4 is 16.0 Å². The van der Waals surface area contributed by atoms with Crippen molar-refractivity contribution in [1.29, 1.82) is 0 Å². The summed E-state index contributed by atoms with van der Waals surface area (Å²) in [5.41, 5.74) is 0. The van der Waals surface area contributed by atoms with Gasteiger partial charge in [0.15, 0.2) is 17.5 Å². The minimum absolute atomic E-state index is 0.0981. The van der Waals surface area contributed by atoms with Gasteiger partial charge in [-0.25, -0.2) is 22.1 Å². The van der Waals surface area contributed by atoms with Crippen molar-refractivity contribution in [1.82, 2.24) is 14.9 Å². The lowest BCUT2D eigenvalue weighted by molar-refractivity contribution is 0.220. The molecule has 0 saturated carbocycles. The molecule has 154 valence electrons. The highest BCUT2D eigenvalue weighted by Crippen LogP contribution is 2.16. The number of hydrogen-bond acceptors (Lipinski definition) is 4. The Morgan fingerprint density at radius 3 is 2.63 bits per heavy atom. The van der Waals surface area contributed by atoms with Crippen LogP contribution in [0, 0.1) is 5.82 Å². The van der Waals surface area contributed by atoms with Crippen LogP contribution in [0.4, 0.5) is 4.39 Å². The van der Waals surface area contributed by atoms with E-state index in [2.05, 4.69) is 15.6 Å². The summed E-state index contributed by atoms with van der Waals surface area (Å²) >= 11 is 0. The molecule has 0 aliphatic heterocycles. The van der Waals surface area contributed by atoms with Gasteiger partial charge in [-0.1, -0.05) is 12.1 Å². The molecule has 27 heavy (non-hydrogen) atoms. The fourth-order valence-corrected chi connectivity index (χ4v) is 3.07. The minimum Gasteiger partial charge on any atom is -0.486 e. The molecule has 0 heterocycles. The molecule has 0 amide bonds. The predicted octanol–water partition coefficient (Wildman–Crippen LogP) is 1.82. The molecule has 0 saturated heterocycles. The molecule has 0 aliphatic carbocycles. The van der Waals surface area contributed by atoms with Gasteiger partial charge in [-0.2, -0.15) is 0 Å². The number of sulfonamides is 1. The molecule has 1 aromatic carbocycles. The van der Waals surface area contributed by atoms with E-state index >= 15 is 0 Å². The molecule has 0 fully saturated rings. The van der Waals surface area contributed by atoms with Gasteiger partial charge < -0.3 is 15.4 Å². The molecule has 2 N–H and O–H groups in total. The van der Waals surface area contributed by atoms with E-state index in [4.69, 9.17) is 4.74 Å². The highest BCUT2D eigenvalue weighted by Gasteiger charge is 2.14. The maximum Gasteiger partial charge on any atom is 0.213 e. The SMILES string of the molecule is CCNC(=NCC(C)Oc1ccccc1F)NCCCN(C)S(=O)(=O)CC. The van der Waals surface area contributed by atoms with Crippen molar-refractivity contribution in [2.24, 2.45) is 4.99 Å². The third kappa shape index (κ3) is 8.57. The molecule has 0 bridgehead atoms. The Kier molecular flexibility index (Phi) is 10.1. The molecule has 0 aromatic heterocycles. The molecule has 0 aliphatic rings. The first-order chi connectivity index (χ1) is 12.8. The monoisotopic (exact) mass is 402 g/mol. The summed E-state index contributed by atoms with van der Waals surface area (Å²) in [4.78, 5) is 4.44. The number of aliphatic imine (C=N–C) groups is 1. The number of rotatable bonds is 11. The van der Waals surface area contributed by atoms with E-state index in [1.165, 1.54) is 10.4 Å². The summed E-state index contributed by atoms with van der Waals surface area (Å²) < 4.78 is 44.0. The van der Waals surface area contributed by atoms with Gasteiger partial charge >= 0.3 is 0 Å². The van der Waals surface area contributed by atoms with E-state index in [1.807, 2.05) is 13.8 Å². The van der Waals surface area contributed by atoms with Crippen LogP contribution < -0.4 is 15.4 Å². The second-order valence-corrected chi connectivity index (χ2v) is 8.45. The van der Waals surface area contributed by atoms with E-state index in [0.717, 1.165) is 0 Å². The standard InChI is InChI=1S/C18H31FN4O3S/c1-5-20-18(21-12-9-13-23(4)27(24,25)6-2)22-14-15(3)26-17-11-8-7-10-16(17)19/h7-8,10-11,15H,5-6,9,12-14H2,1-4H3,(H2,20,21,22). The van der Waals surface area contributed by atoms with Gasteiger partial charge in [0.2, 0.25) is 10.0 Å². The van der Waals surface area contributed by atoms with Gasteiger partial charge in [0.05, 0.1) is 12.3 Å². The van der Waals surface area contributed by atoms with Gasteiger partial charge in [0, 0.05) is 26.7 Å². The zero-order valence-electron chi connectivity index (χ0n) is 16.5. The van der Waals surface area contributed by atoms with Crippen molar-refractivity contribution < 1.29 is 17.5 Å². The maximum atomic E-state index is 13.6. The third-order valence-electron chi connectivity index (χ3n) is 3.80.